The van der Waals surface area contributed by atoms with Crippen molar-refractivity contribution in [3.8, 4) is 0 Å². The molecule has 1 heterocycles. The van der Waals surface area contributed by atoms with Crippen LogP contribution in [0.3, 0.4) is 0 Å². The first-order valence-electron chi connectivity index (χ1n) is 7.99. The molecule has 0 radical (unpaired) electrons. The highest BCUT2D eigenvalue weighted by molar-refractivity contribution is 7.89. The summed E-state index contributed by atoms with van der Waals surface area (Å²) in [5.74, 6) is 1.27. The topological polar surface area (TPSA) is 69.7 Å². The zero-order valence-corrected chi connectivity index (χ0v) is 14.3. The number of carbonyl (C=O) groups is 1. The van der Waals surface area contributed by atoms with Gasteiger partial charge in [-0.2, -0.15) is 0 Å². The van der Waals surface area contributed by atoms with Gasteiger partial charge in [0.25, 0.3) is 10.0 Å². The summed E-state index contributed by atoms with van der Waals surface area (Å²) in [6.07, 6.45) is 3.67. The second-order valence-corrected chi connectivity index (χ2v) is 8.53. The molecule has 1 aliphatic carbocycles. The van der Waals surface area contributed by atoms with E-state index in [1.807, 2.05) is 11.9 Å². The molecule has 7 heteroatoms. The summed E-state index contributed by atoms with van der Waals surface area (Å²) in [6, 6.07) is 5.88. The quantitative estimate of drug-likeness (QED) is 0.915. The van der Waals surface area contributed by atoms with E-state index >= 15 is 0 Å². The van der Waals surface area contributed by atoms with Gasteiger partial charge in [0.05, 0.1) is 4.90 Å². The van der Waals surface area contributed by atoms with Crippen LogP contribution in [0.25, 0.3) is 0 Å². The highest BCUT2D eigenvalue weighted by Gasteiger charge is 2.37. The Morgan fingerprint density at radius 1 is 1.17 bits per heavy atom. The Balaban J connectivity index is 1.66. The first-order valence-corrected chi connectivity index (χ1v) is 9.43. The van der Waals surface area contributed by atoms with Crippen LogP contribution in [0.15, 0.2) is 29.2 Å². The lowest BCUT2D eigenvalue weighted by molar-refractivity contribution is 0.179. The lowest BCUT2D eigenvalue weighted by Crippen LogP contribution is -2.48. The number of aryl methyl sites for hydroxylation is 1. The average molecular weight is 337 g/mol. The summed E-state index contributed by atoms with van der Waals surface area (Å²) in [5, 5.41) is 1.86. The third-order valence-corrected chi connectivity index (χ3v) is 6.70. The van der Waals surface area contributed by atoms with Gasteiger partial charge in [-0.25, -0.2) is 22.5 Å². The van der Waals surface area contributed by atoms with Crippen LogP contribution in [0.5, 0.6) is 0 Å². The third kappa shape index (κ3) is 3.21. The Morgan fingerprint density at radius 3 is 2.30 bits per heavy atom. The highest BCUT2D eigenvalue weighted by Crippen LogP contribution is 2.36. The minimum Gasteiger partial charge on any atom is -0.270 e. The number of hydrogen-bond acceptors (Lipinski definition) is 4. The first-order chi connectivity index (χ1) is 10.9. The maximum Gasteiger partial charge on any atom is 0.345 e. The van der Waals surface area contributed by atoms with Crippen LogP contribution >= 0.6 is 0 Å². The van der Waals surface area contributed by atoms with E-state index in [2.05, 4.69) is 5.43 Å². The molecule has 1 saturated carbocycles. The van der Waals surface area contributed by atoms with E-state index in [1.165, 1.54) is 38.4 Å². The second kappa shape index (κ2) is 6.13. The minimum absolute atomic E-state index is 0.124. The number of nitrogens with one attached hydrogen (secondary N) is 1. The van der Waals surface area contributed by atoms with Crippen LogP contribution in [-0.4, -0.2) is 43.9 Å². The lowest BCUT2D eigenvalue weighted by Gasteiger charge is -2.23. The van der Waals surface area contributed by atoms with Crippen molar-refractivity contribution in [3.63, 3.8) is 0 Å². The SMILES string of the molecule is Cc1ccc(S(=O)(=O)N(C)C(=O)NN2CC3CCC[C@H]3C2)cc1. The molecule has 23 heavy (non-hydrogen) atoms. The molecule has 1 unspecified atom stereocenters. The molecule has 2 atom stereocenters. The fourth-order valence-electron chi connectivity index (χ4n) is 3.51. The van der Waals surface area contributed by atoms with Crippen LogP contribution < -0.4 is 5.43 Å². The molecule has 0 aromatic heterocycles. The van der Waals surface area contributed by atoms with Crippen LogP contribution in [0.2, 0.25) is 0 Å². The van der Waals surface area contributed by atoms with Gasteiger partial charge in [-0.3, -0.25) is 5.43 Å². The van der Waals surface area contributed by atoms with Gasteiger partial charge in [-0.1, -0.05) is 24.1 Å². The lowest BCUT2D eigenvalue weighted by atomic mass is 10.0. The Morgan fingerprint density at radius 2 is 1.74 bits per heavy atom. The summed E-state index contributed by atoms with van der Waals surface area (Å²) in [6.45, 7) is 3.51. The molecular weight excluding hydrogens is 314 g/mol. The number of rotatable bonds is 3. The number of hydrazine groups is 1. The molecule has 2 aliphatic rings. The maximum atomic E-state index is 12.5. The monoisotopic (exact) mass is 337 g/mol. The van der Waals surface area contributed by atoms with Crippen molar-refractivity contribution in [2.45, 2.75) is 31.1 Å². The van der Waals surface area contributed by atoms with Gasteiger partial charge in [0.2, 0.25) is 0 Å². The van der Waals surface area contributed by atoms with E-state index in [0.717, 1.165) is 23.0 Å². The third-order valence-electron chi connectivity index (χ3n) is 4.95. The molecule has 1 N–H and O–H groups in total. The predicted octanol–water partition coefficient (Wildman–Crippen LogP) is 1.97. The van der Waals surface area contributed by atoms with E-state index in [1.54, 1.807) is 12.1 Å². The molecule has 1 saturated heterocycles. The molecule has 2 amide bonds. The van der Waals surface area contributed by atoms with Crippen molar-refractivity contribution in [2.24, 2.45) is 11.8 Å². The number of nitrogens with zero attached hydrogens (tertiary/aromatic N) is 2. The number of amides is 2. The predicted molar refractivity (Wildman–Crippen MR) is 87.1 cm³/mol. The van der Waals surface area contributed by atoms with Crippen LogP contribution in [0.4, 0.5) is 4.79 Å². The normalized spacial score (nSPS) is 24.4. The summed E-state index contributed by atoms with van der Waals surface area (Å²) >= 11 is 0. The standard InChI is InChI=1S/C16H23N3O3S/c1-12-6-8-15(9-7-12)23(21,22)18(2)16(20)17-19-10-13-4-3-5-14(13)11-19/h6-9,13-14H,3-5,10-11H2,1-2H3,(H,17,20)/t13-,14?/m0/s1. The van der Waals surface area contributed by atoms with Crippen molar-refractivity contribution < 1.29 is 13.2 Å². The first kappa shape index (κ1) is 16.3. The molecule has 0 bridgehead atoms. The summed E-state index contributed by atoms with van der Waals surface area (Å²) in [4.78, 5) is 12.4. The van der Waals surface area contributed by atoms with Crippen LogP contribution in [0, 0.1) is 18.8 Å². The molecule has 1 aromatic rings. The van der Waals surface area contributed by atoms with Crippen molar-refractivity contribution >= 4 is 16.1 Å². The van der Waals surface area contributed by atoms with Gasteiger partial charge in [-0.15, -0.1) is 0 Å². The van der Waals surface area contributed by atoms with Crippen molar-refractivity contribution in [2.75, 3.05) is 20.1 Å². The Hall–Kier alpha value is -1.60. The van der Waals surface area contributed by atoms with Crippen molar-refractivity contribution in [1.82, 2.24) is 14.7 Å². The molecule has 1 aromatic carbocycles. The summed E-state index contributed by atoms with van der Waals surface area (Å²) in [7, 11) is -2.53. The van der Waals surface area contributed by atoms with Gasteiger partial charge < -0.3 is 0 Å². The van der Waals surface area contributed by atoms with Crippen molar-refractivity contribution in [1.29, 1.82) is 0 Å². The van der Waals surface area contributed by atoms with E-state index < -0.39 is 16.1 Å². The van der Waals surface area contributed by atoms with Crippen molar-refractivity contribution in [3.05, 3.63) is 29.8 Å². The Labute approximate surface area is 137 Å². The van der Waals surface area contributed by atoms with Gasteiger partial charge in [0.15, 0.2) is 0 Å². The number of benzene rings is 1. The molecule has 2 fully saturated rings. The van der Waals surface area contributed by atoms with Gasteiger partial charge >= 0.3 is 6.03 Å². The number of carbonyl (C=O) groups excluding carboxylic acids is 1. The zero-order chi connectivity index (χ0) is 16.6. The number of urea groups is 1. The molecular formula is C16H23N3O3S. The second-order valence-electron chi connectivity index (χ2n) is 6.56. The van der Waals surface area contributed by atoms with E-state index in [9.17, 15) is 13.2 Å². The van der Waals surface area contributed by atoms with E-state index in [4.69, 9.17) is 0 Å². The average Bonchev–Trinajstić information content (AvgIpc) is 3.08. The summed E-state index contributed by atoms with van der Waals surface area (Å²) in [5.41, 5.74) is 3.71. The Bertz CT molecular complexity index is 675. The van der Waals surface area contributed by atoms with Gasteiger partial charge in [-0.05, 0) is 43.7 Å². The molecule has 6 nitrogen and oxygen atoms in total. The summed E-state index contributed by atoms with van der Waals surface area (Å²) < 4.78 is 25.8. The van der Waals surface area contributed by atoms with E-state index in [0.29, 0.717) is 11.8 Å². The largest absolute Gasteiger partial charge is 0.345 e. The molecule has 126 valence electrons. The van der Waals surface area contributed by atoms with E-state index in [-0.39, 0.29) is 4.90 Å². The number of fused-ring (bicyclic) bond motifs is 1. The smallest absolute Gasteiger partial charge is 0.270 e. The van der Waals surface area contributed by atoms with Crippen LogP contribution in [-0.2, 0) is 10.0 Å². The maximum absolute atomic E-state index is 12.5. The molecule has 3 rings (SSSR count). The molecule has 0 spiro atoms. The van der Waals surface area contributed by atoms with Gasteiger partial charge in [0, 0.05) is 20.1 Å². The number of sulfonamides is 1. The fourth-order valence-corrected chi connectivity index (χ4v) is 4.56. The highest BCUT2D eigenvalue weighted by atomic mass is 32.2. The molecule has 1 aliphatic heterocycles. The minimum atomic E-state index is -3.82. The Kier molecular flexibility index (Phi) is 4.33. The fraction of sp³-hybridized carbons (Fsp3) is 0.562. The van der Waals surface area contributed by atoms with Crippen LogP contribution in [0.1, 0.15) is 24.8 Å². The number of hydrogen-bond donors (Lipinski definition) is 1. The van der Waals surface area contributed by atoms with Gasteiger partial charge in [0.1, 0.15) is 0 Å². The zero-order valence-electron chi connectivity index (χ0n) is 13.5.